The Kier molecular flexibility index (Phi) is 5.96. The van der Waals surface area contributed by atoms with Gasteiger partial charge in [-0.2, -0.15) is 5.26 Å². The van der Waals surface area contributed by atoms with Crippen LogP contribution in [0.4, 0.5) is 5.69 Å². The minimum atomic E-state index is -0.148. The Morgan fingerprint density at radius 2 is 1.91 bits per heavy atom. The molecule has 0 heterocycles. The van der Waals surface area contributed by atoms with Crippen molar-refractivity contribution < 1.29 is 0 Å². The molecule has 0 aliphatic heterocycles. The number of nitriles is 1. The van der Waals surface area contributed by atoms with Crippen LogP contribution >= 0.6 is 0 Å². The Morgan fingerprint density at radius 1 is 1.17 bits per heavy atom. The number of likely N-dealkylation sites (N-methyl/N-ethyl adjacent to an activating group) is 1. The van der Waals surface area contributed by atoms with Gasteiger partial charge in [0.15, 0.2) is 0 Å². The zero-order valence-corrected chi connectivity index (χ0v) is 13.8. The first-order valence-electron chi connectivity index (χ1n) is 7.80. The molecule has 3 heteroatoms. The second-order valence-electron chi connectivity index (χ2n) is 5.45. The second kappa shape index (κ2) is 8.17. The smallest absolute Gasteiger partial charge is 0.0991 e. The first-order valence-corrected chi connectivity index (χ1v) is 7.80. The van der Waals surface area contributed by atoms with Crippen LogP contribution in [-0.4, -0.2) is 20.1 Å². The molecule has 2 rings (SSSR count). The molecule has 0 fully saturated rings. The lowest BCUT2D eigenvalue weighted by atomic mass is 9.94. The minimum Gasteiger partial charge on any atom is -0.388 e. The van der Waals surface area contributed by atoms with Crippen molar-refractivity contribution in [2.24, 2.45) is 0 Å². The fraction of sp³-hybridized carbons (Fsp3) is 0.250. The first-order chi connectivity index (χ1) is 11.2. The molecular weight excluding hydrogens is 282 g/mol. The quantitative estimate of drug-likeness (QED) is 0.765. The lowest BCUT2D eigenvalue weighted by molar-refractivity contribution is 0.676. The monoisotopic (exact) mass is 305 g/mol. The van der Waals surface area contributed by atoms with E-state index in [-0.39, 0.29) is 6.04 Å². The van der Waals surface area contributed by atoms with Gasteiger partial charge in [-0.15, -0.1) is 6.58 Å². The highest BCUT2D eigenvalue weighted by Crippen LogP contribution is 2.30. The minimum absolute atomic E-state index is 0.148. The van der Waals surface area contributed by atoms with Crippen LogP contribution in [0.2, 0.25) is 0 Å². The van der Waals surface area contributed by atoms with Gasteiger partial charge < -0.3 is 10.6 Å². The van der Waals surface area contributed by atoms with Crippen molar-refractivity contribution in [3.05, 3.63) is 66.2 Å². The maximum Gasteiger partial charge on any atom is 0.0991 e. The molecule has 0 aliphatic carbocycles. The molecular formula is C20H23N3. The lowest BCUT2D eigenvalue weighted by Gasteiger charge is -2.14. The number of benzene rings is 2. The SMILES string of the molecule is C=CCc1c(NC)cccc1-c1ccc(CC(C#N)NC)cc1. The summed E-state index contributed by atoms with van der Waals surface area (Å²) in [6, 6.07) is 16.8. The van der Waals surface area contributed by atoms with Crippen LogP contribution in [0.15, 0.2) is 55.1 Å². The molecule has 1 atom stereocenters. The Balaban J connectivity index is 2.33. The third kappa shape index (κ3) is 4.00. The summed E-state index contributed by atoms with van der Waals surface area (Å²) in [5.74, 6) is 0. The molecule has 0 radical (unpaired) electrons. The van der Waals surface area contributed by atoms with E-state index in [2.05, 4.69) is 65.7 Å². The van der Waals surface area contributed by atoms with Gasteiger partial charge in [-0.05, 0) is 41.8 Å². The number of rotatable bonds is 7. The predicted octanol–water partition coefficient (Wildman–Crippen LogP) is 3.78. The largest absolute Gasteiger partial charge is 0.388 e. The number of nitrogens with one attached hydrogen (secondary N) is 2. The fourth-order valence-electron chi connectivity index (χ4n) is 2.72. The molecule has 2 aromatic rings. The number of hydrogen-bond acceptors (Lipinski definition) is 3. The lowest BCUT2D eigenvalue weighted by Crippen LogP contribution is -2.25. The molecule has 0 amide bonds. The fourth-order valence-corrected chi connectivity index (χ4v) is 2.72. The number of allylic oxidation sites excluding steroid dienone is 1. The van der Waals surface area contributed by atoms with Crippen LogP contribution in [0.25, 0.3) is 11.1 Å². The Bertz CT molecular complexity index is 696. The Morgan fingerprint density at radius 3 is 2.48 bits per heavy atom. The van der Waals surface area contributed by atoms with E-state index >= 15 is 0 Å². The summed E-state index contributed by atoms with van der Waals surface area (Å²) in [5, 5.41) is 15.3. The Hall–Kier alpha value is -2.57. The van der Waals surface area contributed by atoms with Crippen LogP contribution in [0.5, 0.6) is 0 Å². The third-order valence-corrected chi connectivity index (χ3v) is 4.00. The van der Waals surface area contributed by atoms with Gasteiger partial charge >= 0.3 is 0 Å². The van der Waals surface area contributed by atoms with Gasteiger partial charge in [-0.25, -0.2) is 0 Å². The van der Waals surface area contributed by atoms with E-state index in [1.165, 1.54) is 16.7 Å². The van der Waals surface area contributed by atoms with Gasteiger partial charge in [0.2, 0.25) is 0 Å². The molecule has 2 N–H and O–H groups in total. The summed E-state index contributed by atoms with van der Waals surface area (Å²) in [7, 11) is 3.75. The van der Waals surface area contributed by atoms with Crippen LogP contribution in [0.1, 0.15) is 11.1 Å². The molecule has 0 saturated heterocycles. The van der Waals surface area contributed by atoms with Gasteiger partial charge in [-0.3, -0.25) is 0 Å². The van der Waals surface area contributed by atoms with Crippen molar-refractivity contribution >= 4 is 5.69 Å². The van der Waals surface area contributed by atoms with Gasteiger partial charge in [0.05, 0.1) is 12.1 Å². The normalized spacial score (nSPS) is 11.5. The van der Waals surface area contributed by atoms with Crippen LogP contribution < -0.4 is 10.6 Å². The molecule has 23 heavy (non-hydrogen) atoms. The average molecular weight is 305 g/mol. The number of anilines is 1. The van der Waals surface area contributed by atoms with Crippen LogP contribution in [-0.2, 0) is 12.8 Å². The van der Waals surface area contributed by atoms with E-state index in [9.17, 15) is 0 Å². The molecule has 2 aromatic carbocycles. The zero-order valence-electron chi connectivity index (χ0n) is 13.8. The maximum atomic E-state index is 9.04. The highest BCUT2D eigenvalue weighted by atomic mass is 14.9. The topological polar surface area (TPSA) is 47.9 Å². The van der Waals surface area contributed by atoms with Crippen molar-refractivity contribution in [2.45, 2.75) is 18.9 Å². The van der Waals surface area contributed by atoms with Gasteiger partial charge in [0.1, 0.15) is 0 Å². The first kappa shape index (κ1) is 16.8. The summed E-state index contributed by atoms with van der Waals surface area (Å²) in [6.07, 6.45) is 3.46. The molecule has 0 aromatic heterocycles. The van der Waals surface area contributed by atoms with E-state index in [0.29, 0.717) is 6.42 Å². The van der Waals surface area contributed by atoms with E-state index in [1.807, 2.05) is 20.2 Å². The van der Waals surface area contributed by atoms with E-state index in [0.717, 1.165) is 17.7 Å². The van der Waals surface area contributed by atoms with Crippen molar-refractivity contribution in [1.29, 1.82) is 5.26 Å². The van der Waals surface area contributed by atoms with Gasteiger partial charge in [0, 0.05) is 19.2 Å². The average Bonchev–Trinajstić information content (AvgIpc) is 2.60. The summed E-state index contributed by atoms with van der Waals surface area (Å²) >= 11 is 0. The molecule has 0 bridgehead atoms. The summed E-state index contributed by atoms with van der Waals surface area (Å²) in [6.45, 7) is 3.87. The van der Waals surface area contributed by atoms with Crippen LogP contribution in [0.3, 0.4) is 0 Å². The third-order valence-electron chi connectivity index (χ3n) is 4.00. The summed E-state index contributed by atoms with van der Waals surface area (Å²) < 4.78 is 0. The maximum absolute atomic E-state index is 9.04. The van der Waals surface area contributed by atoms with Crippen LogP contribution in [0, 0.1) is 11.3 Å². The zero-order chi connectivity index (χ0) is 16.7. The molecule has 0 saturated carbocycles. The molecule has 118 valence electrons. The van der Waals surface area contributed by atoms with E-state index < -0.39 is 0 Å². The van der Waals surface area contributed by atoms with Crippen molar-refractivity contribution in [3.8, 4) is 17.2 Å². The van der Waals surface area contributed by atoms with Gasteiger partial charge in [0.25, 0.3) is 0 Å². The molecule has 1 unspecified atom stereocenters. The van der Waals surface area contributed by atoms with Gasteiger partial charge in [-0.1, -0.05) is 42.5 Å². The summed E-state index contributed by atoms with van der Waals surface area (Å²) in [4.78, 5) is 0. The highest BCUT2D eigenvalue weighted by Gasteiger charge is 2.09. The summed E-state index contributed by atoms with van der Waals surface area (Å²) in [5.41, 5.74) is 5.94. The predicted molar refractivity (Wildman–Crippen MR) is 97.5 cm³/mol. The number of hydrogen-bond donors (Lipinski definition) is 2. The van der Waals surface area contributed by atoms with E-state index in [4.69, 9.17) is 5.26 Å². The van der Waals surface area contributed by atoms with E-state index in [1.54, 1.807) is 0 Å². The van der Waals surface area contributed by atoms with Crippen molar-refractivity contribution in [1.82, 2.24) is 5.32 Å². The molecule has 3 nitrogen and oxygen atoms in total. The van der Waals surface area contributed by atoms with Crippen molar-refractivity contribution in [3.63, 3.8) is 0 Å². The standard InChI is InChI=1S/C20H23N3/c1-4-6-19-18(7-5-8-20(19)23-3)16-11-9-15(10-12-16)13-17(14-21)22-2/h4-5,7-12,17,22-23H,1,6,13H2,2-3H3. The molecule has 0 spiro atoms. The number of nitrogens with zero attached hydrogens (tertiary/aromatic N) is 1. The molecule has 0 aliphatic rings. The second-order valence-corrected chi connectivity index (χ2v) is 5.45. The van der Waals surface area contributed by atoms with Crippen molar-refractivity contribution in [2.75, 3.05) is 19.4 Å². The Labute approximate surface area is 138 Å². The highest BCUT2D eigenvalue weighted by molar-refractivity contribution is 5.74.